The van der Waals surface area contributed by atoms with Crippen LogP contribution in [-0.4, -0.2) is 26.8 Å². The first-order valence-corrected chi connectivity index (χ1v) is 6.69. The average Bonchev–Trinajstić information content (AvgIpc) is 2.85. The molecule has 0 aliphatic carbocycles. The Balaban J connectivity index is 1.76. The number of hydrazone groups is 1. The molecule has 0 saturated carbocycles. The molecule has 1 aromatic heterocycles. The third-order valence-electron chi connectivity index (χ3n) is 3.33. The van der Waals surface area contributed by atoms with Crippen LogP contribution < -0.4 is 5.43 Å². The summed E-state index contributed by atoms with van der Waals surface area (Å²) in [6, 6.07) is 14.2. The molecule has 0 spiro atoms. The minimum absolute atomic E-state index is 0.241. The van der Waals surface area contributed by atoms with Crippen LogP contribution in [0.3, 0.4) is 0 Å². The van der Waals surface area contributed by atoms with E-state index in [1.54, 1.807) is 18.3 Å². The number of imidazole rings is 1. The topological polar surface area (TPSA) is 79.5 Å². The maximum Gasteiger partial charge on any atom is 0.335 e. The molecule has 0 saturated heterocycles. The fraction of sp³-hybridized carbons (Fsp3) is 0.0625. The maximum absolute atomic E-state index is 10.8. The Morgan fingerprint density at radius 1 is 1.23 bits per heavy atom. The first kappa shape index (κ1) is 13.8. The van der Waals surface area contributed by atoms with E-state index < -0.39 is 5.97 Å². The van der Waals surface area contributed by atoms with E-state index in [0.29, 0.717) is 5.69 Å². The van der Waals surface area contributed by atoms with E-state index in [2.05, 4.69) is 15.5 Å². The van der Waals surface area contributed by atoms with Crippen LogP contribution in [0.5, 0.6) is 0 Å². The van der Waals surface area contributed by atoms with Crippen molar-refractivity contribution < 1.29 is 9.90 Å². The summed E-state index contributed by atoms with van der Waals surface area (Å²) in [7, 11) is 1.93. The summed E-state index contributed by atoms with van der Waals surface area (Å²) in [5.41, 5.74) is 5.75. The van der Waals surface area contributed by atoms with E-state index in [9.17, 15) is 4.79 Å². The number of fused-ring (bicyclic) bond motifs is 1. The van der Waals surface area contributed by atoms with E-state index in [4.69, 9.17) is 5.11 Å². The number of carboxylic acids is 1. The number of hydrogen-bond acceptors (Lipinski definition) is 4. The fourth-order valence-electron chi connectivity index (χ4n) is 2.13. The number of aromatic carboxylic acids is 1. The van der Waals surface area contributed by atoms with Gasteiger partial charge in [-0.25, -0.2) is 9.78 Å². The zero-order valence-electron chi connectivity index (χ0n) is 11.9. The average molecular weight is 294 g/mol. The molecular weight excluding hydrogens is 280 g/mol. The molecule has 3 aromatic rings. The van der Waals surface area contributed by atoms with Crippen LogP contribution in [0.15, 0.2) is 53.6 Å². The molecule has 110 valence electrons. The van der Waals surface area contributed by atoms with Gasteiger partial charge < -0.3 is 9.67 Å². The van der Waals surface area contributed by atoms with Crippen molar-refractivity contribution in [2.45, 2.75) is 0 Å². The van der Waals surface area contributed by atoms with Gasteiger partial charge in [0.15, 0.2) is 5.82 Å². The monoisotopic (exact) mass is 294 g/mol. The summed E-state index contributed by atoms with van der Waals surface area (Å²) < 4.78 is 1.95. The molecule has 0 amide bonds. The van der Waals surface area contributed by atoms with Crippen molar-refractivity contribution >= 4 is 28.9 Å². The lowest BCUT2D eigenvalue weighted by Crippen LogP contribution is -1.99. The van der Waals surface area contributed by atoms with Crippen molar-refractivity contribution in [1.82, 2.24) is 9.55 Å². The third kappa shape index (κ3) is 2.67. The van der Waals surface area contributed by atoms with Gasteiger partial charge in [-0.1, -0.05) is 12.1 Å². The van der Waals surface area contributed by atoms with Gasteiger partial charge in [-0.15, -0.1) is 0 Å². The summed E-state index contributed by atoms with van der Waals surface area (Å²) in [5.74, 6) is -0.217. The van der Waals surface area contributed by atoms with Crippen molar-refractivity contribution in [2.75, 3.05) is 5.43 Å². The Morgan fingerprint density at radius 2 is 1.95 bits per heavy atom. The summed E-state index contributed by atoms with van der Waals surface area (Å²) in [4.78, 5) is 15.2. The molecule has 0 atom stereocenters. The highest BCUT2D eigenvalue weighted by Gasteiger charge is 2.04. The largest absolute Gasteiger partial charge is 0.478 e. The number of hydrogen-bond donors (Lipinski definition) is 2. The molecule has 6 heteroatoms. The van der Waals surface area contributed by atoms with Crippen LogP contribution in [0.25, 0.3) is 11.0 Å². The number of rotatable bonds is 4. The zero-order valence-corrected chi connectivity index (χ0v) is 11.9. The highest BCUT2D eigenvalue weighted by molar-refractivity contribution is 5.88. The Labute approximate surface area is 126 Å². The number of benzene rings is 2. The van der Waals surface area contributed by atoms with Crippen LogP contribution >= 0.6 is 0 Å². The van der Waals surface area contributed by atoms with Crippen molar-refractivity contribution in [3.8, 4) is 0 Å². The highest BCUT2D eigenvalue weighted by Crippen LogP contribution is 2.13. The maximum atomic E-state index is 10.8. The van der Waals surface area contributed by atoms with Gasteiger partial charge in [0.2, 0.25) is 0 Å². The first-order chi connectivity index (χ1) is 10.6. The van der Waals surface area contributed by atoms with Crippen LogP contribution in [0, 0.1) is 0 Å². The van der Waals surface area contributed by atoms with E-state index in [-0.39, 0.29) is 5.56 Å². The number of anilines is 1. The van der Waals surface area contributed by atoms with Gasteiger partial charge in [-0.3, -0.25) is 5.43 Å². The predicted molar refractivity (Wildman–Crippen MR) is 85.3 cm³/mol. The predicted octanol–water partition coefficient (Wildman–Crippen LogP) is 2.72. The normalized spacial score (nSPS) is 11.1. The van der Waals surface area contributed by atoms with Gasteiger partial charge in [0, 0.05) is 7.05 Å². The lowest BCUT2D eigenvalue weighted by molar-refractivity contribution is 0.0697. The Bertz CT molecular complexity index is 850. The second-order valence-electron chi connectivity index (χ2n) is 4.77. The smallest absolute Gasteiger partial charge is 0.335 e. The van der Waals surface area contributed by atoms with Gasteiger partial charge in [0.25, 0.3) is 0 Å². The summed E-state index contributed by atoms with van der Waals surface area (Å²) in [6.07, 6.45) is 1.63. The van der Waals surface area contributed by atoms with Crippen LogP contribution in [-0.2, 0) is 7.05 Å². The molecular formula is C16H14N4O2. The molecule has 3 rings (SSSR count). The first-order valence-electron chi connectivity index (χ1n) is 6.69. The van der Waals surface area contributed by atoms with Gasteiger partial charge in [0.1, 0.15) is 0 Å². The second kappa shape index (κ2) is 5.69. The second-order valence-corrected chi connectivity index (χ2v) is 4.77. The number of aromatic nitrogens is 2. The highest BCUT2D eigenvalue weighted by atomic mass is 16.4. The van der Waals surface area contributed by atoms with Crippen LogP contribution in [0.1, 0.15) is 16.2 Å². The van der Waals surface area contributed by atoms with E-state index in [0.717, 1.165) is 16.9 Å². The number of aryl methyl sites for hydroxylation is 1. The Hall–Kier alpha value is -3.15. The minimum Gasteiger partial charge on any atom is -0.478 e. The molecule has 22 heavy (non-hydrogen) atoms. The van der Waals surface area contributed by atoms with Crippen LogP contribution in [0.2, 0.25) is 0 Å². The number of nitrogens with one attached hydrogen (secondary N) is 1. The molecule has 0 aliphatic rings. The number of carboxylic acid groups (broad SMARTS) is 1. The van der Waals surface area contributed by atoms with Crippen molar-refractivity contribution in [1.29, 1.82) is 0 Å². The third-order valence-corrected chi connectivity index (χ3v) is 3.33. The molecule has 1 heterocycles. The van der Waals surface area contributed by atoms with Crippen LogP contribution in [0.4, 0.5) is 5.69 Å². The molecule has 6 nitrogen and oxygen atoms in total. The molecule has 2 N–H and O–H groups in total. The summed E-state index contributed by atoms with van der Waals surface area (Å²) >= 11 is 0. The van der Waals surface area contributed by atoms with Gasteiger partial charge in [-0.05, 0) is 36.4 Å². The van der Waals surface area contributed by atoms with Gasteiger partial charge in [0.05, 0.1) is 28.5 Å². The number of nitrogens with zero attached hydrogens (tertiary/aromatic N) is 3. The SMILES string of the molecule is Cn1c(/C=N\Nc2ccc(C(=O)O)cc2)nc2ccccc21. The van der Waals surface area contributed by atoms with Crippen molar-refractivity contribution in [3.05, 3.63) is 59.9 Å². The molecule has 2 aromatic carbocycles. The fourth-order valence-corrected chi connectivity index (χ4v) is 2.13. The standard InChI is InChI=1S/C16H14N4O2/c1-20-14-5-3-2-4-13(14)18-15(20)10-17-19-12-8-6-11(7-9-12)16(21)22/h2-10,19H,1H3,(H,21,22)/b17-10-. The Kier molecular flexibility index (Phi) is 3.57. The van der Waals surface area contributed by atoms with Gasteiger partial charge in [-0.2, -0.15) is 5.10 Å². The van der Waals surface area contributed by atoms with E-state index >= 15 is 0 Å². The molecule has 0 radical (unpaired) electrons. The Morgan fingerprint density at radius 3 is 2.64 bits per heavy atom. The molecule has 0 fully saturated rings. The number of para-hydroxylation sites is 2. The van der Waals surface area contributed by atoms with Crippen molar-refractivity contribution in [2.24, 2.45) is 12.1 Å². The van der Waals surface area contributed by atoms with E-state index in [1.807, 2.05) is 35.9 Å². The van der Waals surface area contributed by atoms with E-state index in [1.165, 1.54) is 12.1 Å². The number of carbonyl (C=O) groups is 1. The quantitative estimate of drug-likeness (QED) is 0.573. The lowest BCUT2D eigenvalue weighted by atomic mass is 10.2. The summed E-state index contributed by atoms with van der Waals surface area (Å²) in [6.45, 7) is 0. The minimum atomic E-state index is -0.949. The van der Waals surface area contributed by atoms with Gasteiger partial charge >= 0.3 is 5.97 Å². The molecule has 0 bridgehead atoms. The lowest BCUT2D eigenvalue weighted by Gasteiger charge is -2.00. The van der Waals surface area contributed by atoms with Crippen molar-refractivity contribution in [3.63, 3.8) is 0 Å². The molecule has 0 unspecified atom stereocenters. The summed E-state index contributed by atoms with van der Waals surface area (Å²) in [5, 5.41) is 13.0. The molecule has 0 aliphatic heterocycles. The zero-order chi connectivity index (χ0) is 15.5.